The van der Waals surface area contributed by atoms with Gasteiger partial charge in [0.15, 0.2) is 0 Å². The average Bonchev–Trinajstić information content (AvgIpc) is 3.58. The molecular weight excluding hydrogens is 771 g/mol. The van der Waals surface area contributed by atoms with Gasteiger partial charge in [0.25, 0.3) is 0 Å². The number of rotatable bonds is 4. The lowest BCUT2D eigenvalue weighted by Gasteiger charge is -2.42. The normalized spacial score (nSPS) is 13.6. The molecule has 0 atom stereocenters. The second-order valence-electron chi connectivity index (χ2n) is 22.8. The second kappa shape index (κ2) is 14.5. The molecule has 0 saturated carbocycles. The van der Waals surface area contributed by atoms with Gasteiger partial charge >= 0.3 is 6.85 Å². The fourth-order valence-corrected chi connectivity index (χ4v) is 10.4. The Morgan fingerprint density at radius 1 is 0.422 bits per heavy atom. The van der Waals surface area contributed by atoms with E-state index in [1.54, 1.807) is 0 Å². The van der Waals surface area contributed by atoms with Crippen LogP contribution in [0.15, 0.2) is 146 Å². The molecule has 0 aliphatic carbocycles. The molecule has 3 heteroatoms. The van der Waals surface area contributed by atoms with Gasteiger partial charge in [0, 0.05) is 50.3 Å². The van der Waals surface area contributed by atoms with Gasteiger partial charge in [0.05, 0.1) is 0 Å². The molecule has 0 bridgehead atoms. The van der Waals surface area contributed by atoms with E-state index in [1.807, 2.05) is 0 Å². The molecule has 64 heavy (non-hydrogen) atoms. The summed E-state index contributed by atoms with van der Waals surface area (Å²) in [6, 6.07) is 56.4. The molecule has 2 nitrogen and oxygen atoms in total. The molecule has 3 heterocycles. The van der Waals surface area contributed by atoms with Gasteiger partial charge in [-0.1, -0.05) is 186 Å². The van der Waals surface area contributed by atoms with Crippen molar-refractivity contribution in [1.82, 2.24) is 4.48 Å². The van der Waals surface area contributed by atoms with Crippen LogP contribution in [0.5, 0.6) is 0 Å². The minimum atomic E-state index is -0.0905. The van der Waals surface area contributed by atoms with Crippen LogP contribution in [0.25, 0.3) is 55.5 Å². The van der Waals surface area contributed by atoms with Crippen LogP contribution >= 0.6 is 0 Å². The number of hydrogen-bond acceptors (Lipinski definition) is 1. The van der Waals surface area contributed by atoms with Crippen LogP contribution in [-0.4, -0.2) is 11.3 Å². The maximum absolute atomic E-state index is 2.77. The quantitative estimate of drug-likeness (QED) is 0.160. The molecule has 0 unspecified atom stereocenters. The second-order valence-corrected chi connectivity index (χ2v) is 22.8. The Labute approximate surface area is 383 Å². The van der Waals surface area contributed by atoms with Gasteiger partial charge in [0.1, 0.15) is 0 Å². The summed E-state index contributed by atoms with van der Waals surface area (Å²) >= 11 is 0. The Bertz CT molecular complexity index is 3120. The van der Waals surface area contributed by atoms with Gasteiger partial charge in [-0.05, 0) is 132 Å². The zero-order chi connectivity index (χ0) is 45.2. The van der Waals surface area contributed by atoms with Crippen LogP contribution in [0, 0.1) is 6.92 Å². The zero-order valence-electron chi connectivity index (χ0n) is 40.3. The summed E-state index contributed by atoms with van der Waals surface area (Å²) in [5, 5.41) is 1.31. The largest absolute Gasteiger partial charge is 0.375 e. The van der Waals surface area contributed by atoms with Crippen molar-refractivity contribution in [1.29, 1.82) is 0 Å². The Morgan fingerprint density at radius 3 is 1.61 bits per heavy atom. The van der Waals surface area contributed by atoms with E-state index in [2.05, 4.69) is 245 Å². The number of benzene rings is 7. The van der Waals surface area contributed by atoms with Crippen LogP contribution in [0.3, 0.4) is 0 Å². The maximum atomic E-state index is 2.77. The summed E-state index contributed by atoms with van der Waals surface area (Å²) in [5.41, 5.74) is 24.4. The van der Waals surface area contributed by atoms with Crippen molar-refractivity contribution in [3.63, 3.8) is 0 Å². The molecule has 0 N–H and O–H groups in total. The predicted molar refractivity (Wildman–Crippen MR) is 278 cm³/mol. The number of hydrogen-bond donors (Lipinski definition) is 0. The molecule has 0 spiro atoms. The van der Waals surface area contributed by atoms with Crippen molar-refractivity contribution in [2.75, 3.05) is 4.90 Å². The summed E-state index contributed by atoms with van der Waals surface area (Å²) < 4.78 is 2.77. The van der Waals surface area contributed by atoms with Gasteiger partial charge in [0.2, 0.25) is 0 Å². The standard InChI is InChI=1S/C61H63BN2/c1-38-19-17-18-22-47(38)57-54(40-20-15-14-16-21-40)50-36-45(61(11,12)13)35-49-48-33-41(39-23-25-42(26-24-39)58(2,3)4)34-53-55(48)62(64(57)56(49)50)51-37-44(60(8,9)10)29-32-52(51)63(53)46-30-27-43(28-31-46)59(5,6)7/h14-37H,1-13H3. The third kappa shape index (κ3) is 6.77. The molecular formula is C61H63BN2. The highest BCUT2D eigenvalue weighted by atomic mass is 15.2. The molecule has 10 rings (SSSR count). The van der Waals surface area contributed by atoms with Crippen LogP contribution in [0.2, 0.25) is 0 Å². The Balaban J connectivity index is 1.41. The number of anilines is 3. The first-order chi connectivity index (χ1) is 30.2. The number of fused-ring (bicyclic) bond motifs is 4. The lowest BCUT2D eigenvalue weighted by Crippen LogP contribution is -2.57. The SMILES string of the molecule is Cc1ccccc1-c1c(-c2ccccc2)c2cc(C(C)(C)C)cc3c2n1B1c2cc(C(C)(C)C)ccc2N(c2ccc(C(C)(C)C)cc2)c2cc(-c4ccc(C(C)(C)C)cc4)cc-3c21. The first-order valence-electron chi connectivity index (χ1n) is 23.4. The lowest BCUT2D eigenvalue weighted by molar-refractivity contribution is 0.590. The molecule has 2 aliphatic heterocycles. The predicted octanol–water partition coefficient (Wildman–Crippen LogP) is 15.6. The summed E-state index contributed by atoms with van der Waals surface area (Å²) in [7, 11) is 0. The van der Waals surface area contributed by atoms with Crippen molar-refractivity contribution in [2.24, 2.45) is 0 Å². The average molecular weight is 835 g/mol. The van der Waals surface area contributed by atoms with Crippen LogP contribution in [0.1, 0.15) is 111 Å². The number of nitrogens with zero attached hydrogens (tertiary/aromatic N) is 2. The third-order valence-corrected chi connectivity index (χ3v) is 14.2. The van der Waals surface area contributed by atoms with E-state index in [0.29, 0.717) is 0 Å². The minimum absolute atomic E-state index is 0.0417. The van der Waals surface area contributed by atoms with Gasteiger partial charge < -0.3 is 9.38 Å². The fourth-order valence-electron chi connectivity index (χ4n) is 10.4. The third-order valence-electron chi connectivity index (χ3n) is 14.2. The first kappa shape index (κ1) is 41.9. The fraction of sp³-hybridized carbons (Fsp3) is 0.279. The zero-order valence-corrected chi connectivity index (χ0v) is 40.3. The summed E-state index contributed by atoms with van der Waals surface area (Å²) in [6.07, 6.45) is 0. The molecule has 1 aromatic heterocycles. The molecule has 8 aromatic rings. The van der Waals surface area contributed by atoms with Gasteiger partial charge in [-0.2, -0.15) is 0 Å². The number of aryl methyl sites for hydroxylation is 1. The van der Waals surface area contributed by atoms with Crippen molar-refractivity contribution in [3.8, 4) is 44.6 Å². The van der Waals surface area contributed by atoms with Crippen molar-refractivity contribution >= 4 is 45.7 Å². The molecule has 0 radical (unpaired) electrons. The lowest BCUT2D eigenvalue weighted by atomic mass is 9.44. The highest BCUT2D eigenvalue weighted by Crippen LogP contribution is 2.52. The molecule has 0 fully saturated rings. The van der Waals surface area contributed by atoms with Crippen LogP contribution in [0.4, 0.5) is 17.1 Å². The molecule has 7 aromatic carbocycles. The number of aromatic nitrogens is 1. The molecule has 320 valence electrons. The van der Waals surface area contributed by atoms with Crippen molar-refractivity contribution < 1.29 is 0 Å². The van der Waals surface area contributed by atoms with E-state index in [-0.39, 0.29) is 28.5 Å². The van der Waals surface area contributed by atoms with Crippen molar-refractivity contribution in [3.05, 3.63) is 173 Å². The van der Waals surface area contributed by atoms with Gasteiger partial charge in [-0.3, -0.25) is 0 Å². The summed E-state index contributed by atoms with van der Waals surface area (Å²) in [5.74, 6) is 0. The minimum Gasteiger partial charge on any atom is -0.375 e. The summed E-state index contributed by atoms with van der Waals surface area (Å²) in [6.45, 7) is 30.1. The van der Waals surface area contributed by atoms with E-state index in [9.17, 15) is 0 Å². The Kier molecular flexibility index (Phi) is 9.49. The highest BCUT2D eigenvalue weighted by molar-refractivity contribution is 6.90. The van der Waals surface area contributed by atoms with E-state index in [1.165, 1.54) is 111 Å². The topological polar surface area (TPSA) is 8.17 Å². The van der Waals surface area contributed by atoms with Crippen LogP contribution in [-0.2, 0) is 21.7 Å². The Morgan fingerprint density at radius 2 is 1.00 bits per heavy atom. The highest BCUT2D eigenvalue weighted by Gasteiger charge is 2.45. The first-order valence-corrected chi connectivity index (χ1v) is 23.4. The smallest absolute Gasteiger partial charge is 0.333 e. The maximum Gasteiger partial charge on any atom is 0.333 e. The van der Waals surface area contributed by atoms with E-state index < -0.39 is 0 Å². The van der Waals surface area contributed by atoms with Crippen molar-refractivity contribution in [2.45, 2.75) is 112 Å². The van der Waals surface area contributed by atoms with E-state index in [0.717, 1.165) is 0 Å². The van der Waals surface area contributed by atoms with Crippen LogP contribution < -0.4 is 15.8 Å². The van der Waals surface area contributed by atoms with Gasteiger partial charge in [-0.25, -0.2) is 0 Å². The molecule has 2 aliphatic rings. The summed E-state index contributed by atoms with van der Waals surface area (Å²) in [4.78, 5) is 2.58. The Hall–Kier alpha value is -6.06. The molecule has 0 saturated heterocycles. The van der Waals surface area contributed by atoms with Gasteiger partial charge in [-0.15, -0.1) is 0 Å². The van der Waals surface area contributed by atoms with E-state index >= 15 is 0 Å². The monoisotopic (exact) mass is 835 g/mol. The molecule has 0 amide bonds. The van der Waals surface area contributed by atoms with E-state index in [4.69, 9.17) is 0 Å².